The molecule has 2 nitrogen and oxygen atoms in total. The molecule has 1 amide bonds. The van der Waals surface area contributed by atoms with Crippen LogP contribution in [0.1, 0.15) is 37.7 Å². The molecule has 0 spiro atoms. The van der Waals surface area contributed by atoms with E-state index in [4.69, 9.17) is 23.8 Å². The number of amides is 1. The number of thiocarbonyl (C=S) groups is 1. The maximum atomic E-state index is 12.5. The summed E-state index contributed by atoms with van der Waals surface area (Å²) in [5.41, 5.74) is 0.973. The van der Waals surface area contributed by atoms with Crippen LogP contribution in [0, 0.1) is 5.92 Å². The van der Waals surface area contributed by atoms with Crippen molar-refractivity contribution in [3.8, 4) is 0 Å². The Morgan fingerprint density at radius 3 is 2.64 bits per heavy atom. The SMILES string of the molecule is O=C1C(=Cc2ccc(Cl)cc2)SC(=S)N1CCC1CCCC1. The summed E-state index contributed by atoms with van der Waals surface area (Å²) in [4.78, 5) is 15.0. The highest BCUT2D eigenvalue weighted by Gasteiger charge is 2.32. The molecule has 0 unspecified atom stereocenters. The molecule has 1 saturated heterocycles. The summed E-state index contributed by atoms with van der Waals surface area (Å²) in [5, 5.41) is 0.696. The second-order valence-corrected chi connectivity index (χ2v) is 7.94. The Kier molecular flexibility index (Phi) is 5.21. The minimum absolute atomic E-state index is 0.0444. The Balaban J connectivity index is 1.66. The summed E-state index contributed by atoms with van der Waals surface area (Å²) in [6.45, 7) is 0.757. The van der Waals surface area contributed by atoms with Crippen LogP contribution in [0.4, 0.5) is 0 Å². The number of rotatable bonds is 4. The molecule has 1 aromatic carbocycles. The number of thioether (sulfide) groups is 1. The van der Waals surface area contributed by atoms with Crippen LogP contribution in [0.15, 0.2) is 29.2 Å². The van der Waals surface area contributed by atoms with E-state index in [-0.39, 0.29) is 5.91 Å². The summed E-state index contributed by atoms with van der Waals surface area (Å²) < 4.78 is 0.684. The molecule has 1 heterocycles. The maximum Gasteiger partial charge on any atom is 0.266 e. The zero-order chi connectivity index (χ0) is 15.5. The quantitative estimate of drug-likeness (QED) is 0.554. The van der Waals surface area contributed by atoms with Crippen LogP contribution in [-0.2, 0) is 4.79 Å². The zero-order valence-electron chi connectivity index (χ0n) is 12.3. The molecule has 22 heavy (non-hydrogen) atoms. The number of nitrogens with zero attached hydrogens (tertiary/aromatic N) is 1. The van der Waals surface area contributed by atoms with Gasteiger partial charge >= 0.3 is 0 Å². The predicted octanol–water partition coefficient (Wildman–Crippen LogP) is 5.12. The molecule has 2 aliphatic rings. The van der Waals surface area contributed by atoms with Crippen LogP contribution >= 0.6 is 35.6 Å². The van der Waals surface area contributed by atoms with Gasteiger partial charge in [0.15, 0.2) is 0 Å². The van der Waals surface area contributed by atoms with E-state index in [0.29, 0.717) is 14.2 Å². The lowest BCUT2D eigenvalue weighted by atomic mass is 10.0. The Labute approximate surface area is 145 Å². The van der Waals surface area contributed by atoms with Gasteiger partial charge in [0.25, 0.3) is 5.91 Å². The van der Waals surface area contributed by atoms with Crippen molar-refractivity contribution in [2.75, 3.05) is 6.54 Å². The molecular formula is C17H18ClNOS2. The van der Waals surface area contributed by atoms with Crippen molar-refractivity contribution >= 4 is 51.9 Å². The molecule has 0 aromatic heterocycles. The first-order valence-electron chi connectivity index (χ1n) is 7.64. The fourth-order valence-corrected chi connectivity index (χ4v) is 4.45. The number of halogens is 1. The maximum absolute atomic E-state index is 12.5. The van der Waals surface area contributed by atoms with E-state index in [0.717, 1.165) is 24.4 Å². The molecule has 0 bridgehead atoms. The average molecular weight is 352 g/mol. The molecule has 1 aliphatic carbocycles. The van der Waals surface area contributed by atoms with Gasteiger partial charge in [-0.2, -0.15) is 0 Å². The van der Waals surface area contributed by atoms with Crippen LogP contribution in [0.3, 0.4) is 0 Å². The van der Waals surface area contributed by atoms with Gasteiger partial charge in [-0.25, -0.2) is 0 Å². The highest BCUT2D eigenvalue weighted by Crippen LogP contribution is 2.34. The lowest BCUT2D eigenvalue weighted by Gasteiger charge is -2.17. The van der Waals surface area contributed by atoms with Gasteiger partial charge in [0.1, 0.15) is 4.32 Å². The Bertz CT molecular complexity index is 606. The van der Waals surface area contributed by atoms with E-state index < -0.39 is 0 Å². The molecule has 1 saturated carbocycles. The third kappa shape index (κ3) is 3.73. The summed E-state index contributed by atoms with van der Waals surface area (Å²) in [6.07, 6.45) is 8.23. The van der Waals surface area contributed by atoms with E-state index in [9.17, 15) is 4.79 Å². The normalized spacial score (nSPS) is 21.3. The van der Waals surface area contributed by atoms with Gasteiger partial charge in [-0.05, 0) is 36.1 Å². The lowest BCUT2D eigenvalue weighted by Crippen LogP contribution is -2.30. The minimum Gasteiger partial charge on any atom is -0.293 e. The monoisotopic (exact) mass is 351 g/mol. The second kappa shape index (κ2) is 7.16. The zero-order valence-corrected chi connectivity index (χ0v) is 14.6. The molecule has 0 N–H and O–H groups in total. The summed E-state index contributed by atoms with van der Waals surface area (Å²) >= 11 is 12.7. The first-order chi connectivity index (χ1) is 10.6. The van der Waals surface area contributed by atoms with Crippen molar-refractivity contribution in [3.63, 3.8) is 0 Å². The van der Waals surface area contributed by atoms with Crippen molar-refractivity contribution < 1.29 is 4.79 Å². The van der Waals surface area contributed by atoms with Crippen molar-refractivity contribution in [1.29, 1.82) is 0 Å². The molecule has 0 radical (unpaired) electrons. The third-order valence-corrected chi connectivity index (χ3v) is 5.91. The molecule has 1 aromatic rings. The van der Waals surface area contributed by atoms with Crippen molar-refractivity contribution in [2.45, 2.75) is 32.1 Å². The van der Waals surface area contributed by atoms with Crippen LogP contribution in [0.2, 0.25) is 5.02 Å². The Hall–Kier alpha value is -0.840. The van der Waals surface area contributed by atoms with E-state index in [1.165, 1.54) is 37.4 Å². The van der Waals surface area contributed by atoms with Crippen molar-refractivity contribution in [2.24, 2.45) is 5.92 Å². The summed E-state index contributed by atoms with van der Waals surface area (Å²) in [6, 6.07) is 7.48. The Morgan fingerprint density at radius 1 is 1.27 bits per heavy atom. The molecule has 2 fully saturated rings. The fraction of sp³-hybridized carbons (Fsp3) is 0.412. The van der Waals surface area contributed by atoms with Gasteiger partial charge < -0.3 is 0 Å². The van der Waals surface area contributed by atoms with Crippen LogP contribution in [-0.4, -0.2) is 21.7 Å². The predicted molar refractivity (Wildman–Crippen MR) is 97.9 cm³/mol. The van der Waals surface area contributed by atoms with Gasteiger partial charge in [0.05, 0.1) is 4.91 Å². The van der Waals surface area contributed by atoms with Crippen LogP contribution < -0.4 is 0 Å². The number of benzene rings is 1. The summed E-state index contributed by atoms with van der Waals surface area (Å²) in [5.74, 6) is 0.813. The smallest absolute Gasteiger partial charge is 0.266 e. The van der Waals surface area contributed by atoms with E-state index in [1.54, 1.807) is 4.90 Å². The van der Waals surface area contributed by atoms with E-state index in [1.807, 2.05) is 30.3 Å². The largest absolute Gasteiger partial charge is 0.293 e. The van der Waals surface area contributed by atoms with E-state index >= 15 is 0 Å². The second-order valence-electron chi connectivity index (χ2n) is 5.82. The molecule has 3 rings (SSSR count). The number of hydrogen-bond donors (Lipinski definition) is 0. The van der Waals surface area contributed by atoms with Crippen molar-refractivity contribution in [3.05, 3.63) is 39.8 Å². The average Bonchev–Trinajstić information content (AvgIpc) is 3.10. The van der Waals surface area contributed by atoms with Crippen molar-refractivity contribution in [1.82, 2.24) is 4.90 Å². The first kappa shape index (κ1) is 16.0. The minimum atomic E-state index is 0.0444. The first-order valence-corrected chi connectivity index (χ1v) is 9.25. The van der Waals surface area contributed by atoms with Gasteiger partial charge in [-0.15, -0.1) is 0 Å². The van der Waals surface area contributed by atoms with Gasteiger partial charge in [-0.3, -0.25) is 9.69 Å². The number of carbonyl (C=O) groups excluding carboxylic acids is 1. The van der Waals surface area contributed by atoms with Gasteiger partial charge in [0.2, 0.25) is 0 Å². The lowest BCUT2D eigenvalue weighted by molar-refractivity contribution is -0.122. The highest BCUT2D eigenvalue weighted by atomic mass is 35.5. The molecular weight excluding hydrogens is 334 g/mol. The standard InChI is InChI=1S/C17H18ClNOS2/c18-14-7-5-13(6-8-14)11-15-16(20)19(17(21)22-15)10-9-12-3-1-2-4-12/h5-8,11-12H,1-4,9-10H2. The Morgan fingerprint density at radius 2 is 1.95 bits per heavy atom. The topological polar surface area (TPSA) is 20.3 Å². The van der Waals surface area contributed by atoms with Gasteiger partial charge in [0, 0.05) is 11.6 Å². The van der Waals surface area contributed by atoms with E-state index in [2.05, 4.69) is 0 Å². The third-order valence-electron chi connectivity index (χ3n) is 4.28. The number of carbonyl (C=O) groups is 1. The molecule has 116 valence electrons. The molecule has 1 aliphatic heterocycles. The summed E-state index contributed by atoms with van der Waals surface area (Å²) in [7, 11) is 0. The number of hydrogen-bond acceptors (Lipinski definition) is 3. The van der Waals surface area contributed by atoms with Crippen LogP contribution in [0.25, 0.3) is 6.08 Å². The van der Waals surface area contributed by atoms with Crippen LogP contribution in [0.5, 0.6) is 0 Å². The molecule has 5 heteroatoms. The molecule has 0 atom stereocenters. The van der Waals surface area contributed by atoms with Gasteiger partial charge in [-0.1, -0.05) is 73.4 Å². The highest BCUT2D eigenvalue weighted by molar-refractivity contribution is 8.26. The fourth-order valence-electron chi connectivity index (χ4n) is 3.01.